The molecule has 0 aliphatic carbocycles. The largest absolute Gasteiger partial charge is 0.416 e. The summed E-state index contributed by atoms with van der Waals surface area (Å²) in [4.78, 5) is 15.0. The Hall–Kier alpha value is -2.63. The Balaban J connectivity index is 1.99. The molecule has 3 nitrogen and oxygen atoms in total. The van der Waals surface area contributed by atoms with Crippen molar-refractivity contribution in [2.45, 2.75) is 12.6 Å². The summed E-state index contributed by atoms with van der Waals surface area (Å²) in [7, 11) is 0. The first kappa shape index (κ1) is 14.3. The van der Waals surface area contributed by atoms with E-state index in [0.717, 1.165) is 6.07 Å². The number of aromatic nitrogens is 2. The van der Waals surface area contributed by atoms with E-state index < -0.39 is 11.7 Å². The van der Waals surface area contributed by atoms with E-state index in [0.29, 0.717) is 23.2 Å². The zero-order valence-corrected chi connectivity index (χ0v) is 11.3. The SMILES string of the molecule is O=Cc1ccc2nc(Cc3ccccc3C(F)(F)F)cn2c1. The molecule has 3 aromatic rings. The van der Waals surface area contributed by atoms with Gasteiger partial charge in [0.25, 0.3) is 0 Å². The molecule has 0 saturated heterocycles. The molecule has 0 atom stereocenters. The second kappa shape index (κ2) is 5.29. The number of fused-ring (bicyclic) bond motifs is 1. The number of carbonyl (C=O) groups is 1. The number of carbonyl (C=O) groups excluding carboxylic acids is 1. The third-order valence-corrected chi connectivity index (χ3v) is 3.35. The van der Waals surface area contributed by atoms with Crippen molar-refractivity contribution < 1.29 is 18.0 Å². The summed E-state index contributed by atoms with van der Waals surface area (Å²) in [5.74, 6) is 0. The molecule has 0 saturated carbocycles. The highest BCUT2D eigenvalue weighted by Gasteiger charge is 2.32. The molecule has 3 rings (SSSR count). The summed E-state index contributed by atoms with van der Waals surface area (Å²) in [6.45, 7) is 0. The van der Waals surface area contributed by atoms with E-state index in [9.17, 15) is 18.0 Å². The maximum atomic E-state index is 13.0. The second-order valence-electron chi connectivity index (χ2n) is 4.91. The van der Waals surface area contributed by atoms with Crippen LogP contribution in [-0.2, 0) is 12.6 Å². The van der Waals surface area contributed by atoms with Crippen LogP contribution in [0.25, 0.3) is 5.65 Å². The Bertz CT molecular complexity index is 837. The number of rotatable bonds is 3. The topological polar surface area (TPSA) is 34.4 Å². The van der Waals surface area contributed by atoms with Gasteiger partial charge in [-0.25, -0.2) is 4.98 Å². The molecule has 0 spiro atoms. The number of halogens is 3. The highest BCUT2D eigenvalue weighted by molar-refractivity contribution is 5.74. The minimum Gasteiger partial charge on any atom is -0.306 e. The first-order chi connectivity index (χ1) is 10.5. The monoisotopic (exact) mass is 304 g/mol. The average Bonchev–Trinajstić information content (AvgIpc) is 2.87. The Morgan fingerprint density at radius 1 is 1.09 bits per heavy atom. The quantitative estimate of drug-likeness (QED) is 0.691. The smallest absolute Gasteiger partial charge is 0.306 e. The summed E-state index contributed by atoms with van der Waals surface area (Å²) in [5.41, 5.74) is 1.10. The minimum absolute atomic E-state index is 0.0772. The Morgan fingerprint density at radius 2 is 1.86 bits per heavy atom. The maximum absolute atomic E-state index is 13.0. The van der Waals surface area contributed by atoms with Gasteiger partial charge < -0.3 is 4.40 Å². The van der Waals surface area contributed by atoms with Crippen LogP contribution >= 0.6 is 0 Å². The van der Waals surface area contributed by atoms with E-state index in [1.54, 1.807) is 35.0 Å². The summed E-state index contributed by atoms with van der Waals surface area (Å²) in [6.07, 6.45) is -0.379. The molecule has 0 N–H and O–H groups in total. The van der Waals surface area contributed by atoms with Crippen LogP contribution in [-0.4, -0.2) is 15.7 Å². The molecular formula is C16H11F3N2O. The van der Waals surface area contributed by atoms with Gasteiger partial charge in [0.05, 0.1) is 11.3 Å². The number of aldehydes is 1. The molecule has 0 bridgehead atoms. The highest BCUT2D eigenvalue weighted by atomic mass is 19.4. The molecule has 22 heavy (non-hydrogen) atoms. The van der Waals surface area contributed by atoms with Crippen LogP contribution in [0.2, 0.25) is 0 Å². The van der Waals surface area contributed by atoms with Gasteiger partial charge in [-0.05, 0) is 23.8 Å². The van der Waals surface area contributed by atoms with Crippen molar-refractivity contribution in [2.75, 3.05) is 0 Å². The predicted molar refractivity (Wildman–Crippen MR) is 74.8 cm³/mol. The summed E-state index contributed by atoms with van der Waals surface area (Å²) in [6, 6.07) is 8.72. The fourth-order valence-corrected chi connectivity index (χ4v) is 2.36. The van der Waals surface area contributed by atoms with Crippen molar-refractivity contribution in [3.8, 4) is 0 Å². The predicted octanol–water partition coefficient (Wildman–Crippen LogP) is 3.76. The Kier molecular flexibility index (Phi) is 3.44. The van der Waals surface area contributed by atoms with Gasteiger partial charge in [0.1, 0.15) is 5.65 Å². The number of pyridine rings is 1. The van der Waals surface area contributed by atoms with Crippen molar-refractivity contribution in [3.63, 3.8) is 0 Å². The maximum Gasteiger partial charge on any atom is 0.416 e. The molecule has 0 radical (unpaired) electrons. The van der Waals surface area contributed by atoms with Gasteiger partial charge in [-0.3, -0.25) is 4.79 Å². The lowest BCUT2D eigenvalue weighted by Gasteiger charge is -2.11. The second-order valence-corrected chi connectivity index (χ2v) is 4.91. The van der Waals surface area contributed by atoms with Crippen LogP contribution in [0.5, 0.6) is 0 Å². The van der Waals surface area contributed by atoms with Crippen LogP contribution in [0, 0.1) is 0 Å². The molecule has 112 valence electrons. The lowest BCUT2D eigenvalue weighted by Crippen LogP contribution is -2.09. The molecule has 0 aliphatic rings. The van der Waals surface area contributed by atoms with E-state index in [1.165, 1.54) is 12.1 Å². The van der Waals surface area contributed by atoms with E-state index in [-0.39, 0.29) is 12.0 Å². The van der Waals surface area contributed by atoms with Gasteiger partial charge in [-0.15, -0.1) is 0 Å². The summed E-state index contributed by atoms with van der Waals surface area (Å²) >= 11 is 0. The van der Waals surface area contributed by atoms with Crippen molar-refractivity contribution in [1.29, 1.82) is 0 Å². The van der Waals surface area contributed by atoms with Crippen LogP contribution in [0.15, 0.2) is 48.8 Å². The summed E-state index contributed by atoms with van der Waals surface area (Å²) in [5, 5.41) is 0. The fourth-order valence-electron chi connectivity index (χ4n) is 2.36. The molecule has 1 aromatic carbocycles. The van der Waals surface area contributed by atoms with Crippen molar-refractivity contribution in [2.24, 2.45) is 0 Å². The number of nitrogens with zero attached hydrogens (tertiary/aromatic N) is 2. The lowest BCUT2D eigenvalue weighted by atomic mass is 10.0. The third-order valence-electron chi connectivity index (χ3n) is 3.35. The molecular weight excluding hydrogens is 293 g/mol. The molecule has 0 aliphatic heterocycles. The number of alkyl halides is 3. The first-order valence-electron chi connectivity index (χ1n) is 6.55. The van der Waals surface area contributed by atoms with E-state index in [4.69, 9.17) is 0 Å². The number of hydrogen-bond acceptors (Lipinski definition) is 2. The minimum atomic E-state index is -4.39. The molecule has 6 heteroatoms. The van der Waals surface area contributed by atoms with Gasteiger partial charge in [0.15, 0.2) is 6.29 Å². The van der Waals surface area contributed by atoms with E-state index >= 15 is 0 Å². The van der Waals surface area contributed by atoms with Gasteiger partial charge in [0.2, 0.25) is 0 Å². The fraction of sp³-hybridized carbons (Fsp3) is 0.125. The van der Waals surface area contributed by atoms with Crippen LogP contribution in [0.3, 0.4) is 0 Å². The van der Waals surface area contributed by atoms with E-state index in [1.807, 2.05) is 0 Å². The van der Waals surface area contributed by atoms with E-state index in [2.05, 4.69) is 4.98 Å². The number of benzene rings is 1. The van der Waals surface area contributed by atoms with Crippen LogP contribution in [0.1, 0.15) is 27.2 Å². The van der Waals surface area contributed by atoms with Gasteiger partial charge in [0, 0.05) is 24.4 Å². The third kappa shape index (κ3) is 2.72. The summed E-state index contributed by atoms with van der Waals surface area (Å²) < 4.78 is 40.6. The zero-order chi connectivity index (χ0) is 15.7. The zero-order valence-electron chi connectivity index (χ0n) is 11.3. The average molecular weight is 304 g/mol. The molecule has 0 unspecified atom stereocenters. The molecule has 2 heterocycles. The standard InChI is InChI=1S/C16H11F3N2O/c17-16(18,19)14-4-2-1-3-12(14)7-13-9-21-8-11(10-22)5-6-15(21)20-13/h1-6,8-10H,7H2. The molecule has 0 fully saturated rings. The van der Waals surface area contributed by atoms with Crippen molar-refractivity contribution in [1.82, 2.24) is 9.38 Å². The highest BCUT2D eigenvalue weighted by Crippen LogP contribution is 2.32. The van der Waals surface area contributed by atoms with Crippen molar-refractivity contribution >= 4 is 11.9 Å². The van der Waals surface area contributed by atoms with Gasteiger partial charge >= 0.3 is 6.18 Å². The Labute approximate surface area is 124 Å². The van der Waals surface area contributed by atoms with Gasteiger partial charge in [-0.1, -0.05) is 18.2 Å². The normalized spacial score (nSPS) is 11.8. The molecule has 2 aromatic heterocycles. The van der Waals surface area contributed by atoms with Crippen molar-refractivity contribution in [3.05, 3.63) is 71.2 Å². The number of hydrogen-bond donors (Lipinski definition) is 0. The first-order valence-corrected chi connectivity index (χ1v) is 6.55. The van der Waals surface area contributed by atoms with Crippen LogP contribution in [0.4, 0.5) is 13.2 Å². The van der Waals surface area contributed by atoms with Gasteiger partial charge in [-0.2, -0.15) is 13.2 Å². The molecule has 0 amide bonds. The van der Waals surface area contributed by atoms with Crippen LogP contribution < -0.4 is 0 Å². The lowest BCUT2D eigenvalue weighted by molar-refractivity contribution is -0.138. The Morgan fingerprint density at radius 3 is 2.59 bits per heavy atom. The number of imidazole rings is 1.